The van der Waals surface area contributed by atoms with E-state index < -0.39 is 6.10 Å². The van der Waals surface area contributed by atoms with Crippen LogP contribution in [0.25, 0.3) is 0 Å². The van der Waals surface area contributed by atoms with Gasteiger partial charge in [0.25, 0.3) is 0 Å². The van der Waals surface area contributed by atoms with Gasteiger partial charge < -0.3 is 14.9 Å². The van der Waals surface area contributed by atoms with Gasteiger partial charge in [0.2, 0.25) is 0 Å². The van der Waals surface area contributed by atoms with Gasteiger partial charge in [-0.1, -0.05) is 19.3 Å². The largest absolute Gasteiger partial charge is 0.394 e. The van der Waals surface area contributed by atoms with Crippen molar-refractivity contribution in [2.45, 2.75) is 44.3 Å². The monoisotopic (exact) mass is 188 g/mol. The molecule has 3 nitrogen and oxygen atoms in total. The Hall–Kier alpha value is -0.120. The quantitative estimate of drug-likeness (QED) is 0.690. The van der Waals surface area contributed by atoms with E-state index in [-0.39, 0.29) is 12.7 Å². The lowest BCUT2D eigenvalue weighted by Crippen LogP contribution is -2.38. The molecule has 0 amide bonds. The number of methoxy groups -OCH3 is 1. The molecule has 0 bridgehead atoms. The minimum absolute atomic E-state index is 0.176. The van der Waals surface area contributed by atoms with Gasteiger partial charge in [0.15, 0.2) is 0 Å². The van der Waals surface area contributed by atoms with Crippen LogP contribution in [0.2, 0.25) is 0 Å². The Bertz CT molecular complexity index is 132. The fourth-order valence-corrected chi connectivity index (χ4v) is 2.23. The van der Waals surface area contributed by atoms with Gasteiger partial charge in [-0.05, 0) is 18.8 Å². The Morgan fingerprint density at radius 1 is 1.31 bits per heavy atom. The van der Waals surface area contributed by atoms with Crippen LogP contribution in [0, 0.1) is 5.92 Å². The van der Waals surface area contributed by atoms with Gasteiger partial charge in [-0.25, -0.2) is 0 Å². The number of aliphatic hydroxyl groups excluding tert-OH is 2. The van der Waals surface area contributed by atoms with E-state index in [2.05, 4.69) is 0 Å². The van der Waals surface area contributed by atoms with E-state index >= 15 is 0 Å². The highest BCUT2D eigenvalue weighted by molar-refractivity contribution is 4.79. The predicted octanol–water partition coefficient (Wildman–Crippen LogP) is 0.935. The molecule has 0 aromatic heterocycles. The van der Waals surface area contributed by atoms with Crippen molar-refractivity contribution in [2.75, 3.05) is 13.7 Å². The van der Waals surface area contributed by atoms with E-state index in [9.17, 15) is 5.11 Å². The molecule has 0 aromatic carbocycles. The maximum absolute atomic E-state index is 9.49. The summed E-state index contributed by atoms with van der Waals surface area (Å²) in [6, 6.07) is 0. The standard InChI is InChI=1S/C10H20O3/c1-13-10(9(12)7-11)8-5-3-2-4-6-8/h8-12H,2-7H2,1H3. The van der Waals surface area contributed by atoms with Crippen LogP contribution in [0.1, 0.15) is 32.1 Å². The molecule has 3 heteroatoms. The first-order valence-electron chi connectivity index (χ1n) is 5.11. The fraction of sp³-hybridized carbons (Fsp3) is 1.00. The SMILES string of the molecule is COC(C(O)CO)C1CCCCC1. The van der Waals surface area contributed by atoms with E-state index in [0.29, 0.717) is 5.92 Å². The molecule has 1 aliphatic rings. The number of hydrogen-bond acceptors (Lipinski definition) is 3. The van der Waals surface area contributed by atoms with E-state index in [1.807, 2.05) is 0 Å². The zero-order valence-corrected chi connectivity index (χ0v) is 8.28. The van der Waals surface area contributed by atoms with Crippen molar-refractivity contribution < 1.29 is 14.9 Å². The van der Waals surface area contributed by atoms with Crippen molar-refractivity contribution >= 4 is 0 Å². The minimum atomic E-state index is -0.715. The summed E-state index contributed by atoms with van der Waals surface area (Å²) in [4.78, 5) is 0. The average Bonchev–Trinajstić information content (AvgIpc) is 2.20. The molecule has 13 heavy (non-hydrogen) atoms. The lowest BCUT2D eigenvalue weighted by atomic mass is 9.83. The van der Waals surface area contributed by atoms with E-state index in [1.165, 1.54) is 19.3 Å². The van der Waals surface area contributed by atoms with Crippen LogP contribution in [0.3, 0.4) is 0 Å². The number of ether oxygens (including phenoxy) is 1. The summed E-state index contributed by atoms with van der Waals surface area (Å²) in [6.07, 6.45) is 5.09. The molecule has 1 rings (SSSR count). The first kappa shape index (κ1) is 11.0. The molecule has 78 valence electrons. The molecule has 0 aromatic rings. The lowest BCUT2D eigenvalue weighted by Gasteiger charge is -2.31. The highest BCUT2D eigenvalue weighted by atomic mass is 16.5. The minimum Gasteiger partial charge on any atom is -0.394 e. The van der Waals surface area contributed by atoms with Crippen LogP contribution in [0.15, 0.2) is 0 Å². The third-order valence-corrected chi connectivity index (χ3v) is 2.95. The van der Waals surface area contributed by atoms with Crippen molar-refractivity contribution in [2.24, 2.45) is 5.92 Å². The van der Waals surface area contributed by atoms with Gasteiger partial charge in [-0.15, -0.1) is 0 Å². The molecule has 1 saturated carbocycles. The highest BCUT2D eigenvalue weighted by Crippen LogP contribution is 2.29. The number of aliphatic hydroxyl groups is 2. The smallest absolute Gasteiger partial charge is 0.103 e. The second kappa shape index (κ2) is 5.58. The van der Waals surface area contributed by atoms with Crippen molar-refractivity contribution in [3.63, 3.8) is 0 Å². The van der Waals surface area contributed by atoms with Gasteiger partial charge in [0.05, 0.1) is 12.7 Å². The summed E-state index contributed by atoms with van der Waals surface area (Å²) >= 11 is 0. The molecular formula is C10H20O3. The second-order valence-electron chi connectivity index (χ2n) is 3.85. The van der Waals surface area contributed by atoms with Crippen LogP contribution in [-0.4, -0.2) is 36.1 Å². The number of hydrogen-bond donors (Lipinski definition) is 2. The third kappa shape index (κ3) is 2.93. The summed E-state index contributed by atoms with van der Waals surface area (Å²) < 4.78 is 5.23. The molecule has 0 saturated heterocycles. The summed E-state index contributed by atoms with van der Waals surface area (Å²) in [5, 5.41) is 18.3. The lowest BCUT2D eigenvalue weighted by molar-refractivity contribution is -0.0729. The third-order valence-electron chi connectivity index (χ3n) is 2.95. The summed E-state index contributed by atoms with van der Waals surface area (Å²) in [5.74, 6) is 0.431. The Kier molecular flexibility index (Phi) is 4.70. The van der Waals surface area contributed by atoms with Gasteiger partial charge in [0, 0.05) is 7.11 Å². The second-order valence-corrected chi connectivity index (χ2v) is 3.85. The summed E-state index contributed by atoms with van der Waals surface area (Å²) in [5.41, 5.74) is 0. The normalized spacial score (nSPS) is 24.2. The van der Waals surface area contributed by atoms with E-state index in [0.717, 1.165) is 12.8 Å². The zero-order chi connectivity index (χ0) is 9.68. The Morgan fingerprint density at radius 3 is 2.38 bits per heavy atom. The maximum atomic E-state index is 9.49. The Morgan fingerprint density at radius 2 is 1.92 bits per heavy atom. The average molecular weight is 188 g/mol. The van der Waals surface area contributed by atoms with Crippen LogP contribution < -0.4 is 0 Å². The molecule has 0 spiro atoms. The van der Waals surface area contributed by atoms with Crippen molar-refractivity contribution in [1.29, 1.82) is 0 Å². The topological polar surface area (TPSA) is 49.7 Å². The first-order chi connectivity index (χ1) is 6.29. The van der Waals surface area contributed by atoms with Crippen molar-refractivity contribution in [1.82, 2.24) is 0 Å². The highest BCUT2D eigenvalue weighted by Gasteiger charge is 2.28. The van der Waals surface area contributed by atoms with Gasteiger partial charge in [-0.2, -0.15) is 0 Å². The summed E-state index contributed by atoms with van der Waals surface area (Å²) in [6.45, 7) is -0.199. The number of rotatable bonds is 4. The van der Waals surface area contributed by atoms with Crippen LogP contribution in [0.4, 0.5) is 0 Å². The first-order valence-corrected chi connectivity index (χ1v) is 5.11. The zero-order valence-electron chi connectivity index (χ0n) is 8.28. The van der Waals surface area contributed by atoms with Crippen LogP contribution in [0.5, 0.6) is 0 Å². The molecule has 0 aliphatic heterocycles. The summed E-state index contributed by atoms with van der Waals surface area (Å²) in [7, 11) is 1.61. The molecule has 0 heterocycles. The molecule has 2 unspecified atom stereocenters. The molecule has 0 radical (unpaired) electrons. The predicted molar refractivity (Wildman–Crippen MR) is 50.5 cm³/mol. The molecule has 2 atom stereocenters. The van der Waals surface area contributed by atoms with E-state index in [4.69, 9.17) is 9.84 Å². The van der Waals surface area contributed by atoms with Crippen molar-refractivity contribution in [3.05, 3.63) is 0 Å². The van der Waals surface area contributed by atoms with Gasteiger partial charge >= 0.3 is 0 Å². The molecule has 2 N–H and O–H groups in total. The van der Waals surface area contributed by atoms with Crippen molar-refractivity contribution in [3.8, 4) is 0 Å². The van der Waals surface area contributed by atoms with Gasteiger partial charge in [-0.3, -0.25) is 0 Å². The van der Waals surface area contributed by atoms with Crippen LogP contribution in [-0.2, 0) is 4.74 Å². The molecular weight excluding hydrogens is 168 g/mol. The van der Waals surface area contributed by atoms with Gasteiger partial charge in [0.1, 0.15) is 6.10 Å². The Balaban J connectivity index is 2.43. The maximum Gasteiger partial charge on any atom is 0.103 e. The van der Waals surface area contributed by atoms with Crippen LogP contribution >= 0.6 is 0 Å². The fourth-order valence-electron chi connectivity index (χ4n) is 2.23. The molecule has 1 aliphatic carbocycles. The molecule has 1 fully saturated rings. The Labute approximate surface area is 79.7 Å². The van der Waals surface area contributed by atoms with E-state index in [1.54, 1.807) is 7.11 Å².